The van der Waals surface area contributed by atoms with Gasteiger partial charge in [-0.25, -0.2) is 0 Å². The van der Waals surface area contributed by atoms with Gasteiger partial charge in [-0.05, 0) is 24.8 Å². The van der Waals surface area contributed by atoms with Crippen molar-refractivity contribution in [1.29, 1.82) is 0 Å². The van der Waals surface area contributed by atoms with Crippen LogP contribution in [0.4, 0.5) is 5.69 Å². The molecule has 0 saturated carbocycles. The van der Waals surface area contributed by atoms with Gasteiger partial charge in [0.05, 0.1) is 10.5 Å². The van der Waals surface area contributed by atoms with Crippen LogP contribution in [0.3, 0.4) is 0 Å². The average molecular weight is 389 g/mol. The van der Waals surface area contributed by atoms with Crippen LogP contribution in [0.25, 0.3) is 0 Å². The van der Waals surface area contributed by atoms with E-state index in [2.05, 4.69) is 6.92 Å². The summed E-state index contributed by atoms with van der Waals surface area (Å²) in [4.78, 5) is 61.4. The van der Waals surface area contributed by atoms with E-state index in [1.807, 2.05) is 0 Å². The Morgan fingerprint density at radius 3 is 2.54 bits per heavy atom. The van der Waals surface area contributed by atoms with Crippen LogP contribution < -0.4 is 0 Å². The monoisotopic (exact) mass is 389 g/mol. The Morgan fingerprint density at radius 2 is 1.89 bits per heavy atom. The molecule has 0 spiro atoms. The first kappa shape index (κ1) is 19.5. The van der Waals surface area contributed by atoms with Gasteiger partial charge in [0.15, 0.2) is 6.61 Å². The third kappa shape index (κ3) is 3.71. The number of benzene rings is 1. The third-order valence-electron chi connectivity index (χ3n) is 4.95. The molecule has 3 amide bonds. The molecule has 0 aromatic heterocycles. The topological polar surface area (TPSA) is 127 Å². The minimum absolute atomic E-state index is 0.134. The minimum atomic E-state index is -0.934. The molecule has 0 bridgehead atoms. The van der Waals surface area contributed by atoms with E-state index in [4.69, 9.17) is 4.74 Å². The summed E-state index contributed by atoms with van der Waals surface area (Å²) in [6.07, 6.45) is 1.76. The van der Waals surface area contributed by atoms with Gasteiger partial charge >= 0.3 is 5.97 Å². The summed E-state index contributed by atoms with van der Waals surface area (Å²) >= 11 is 0. The maximum absolute atomic E-state index is 12.4. The predicted molar refractivity (Wildman–Crippen MR) is 94.4 cm³/mol. The number of carbonyl (C=O) groups excluding carboxylic acids is 4. The number of imide groups is 1. The van der Waals surface area contributed by atoms with E-state index in [-0.39, 0.29) is 17.0 Å². The predicted octanol–water partition coefficient (Wildman–Crippen LogP) is 0.992. The number of nitro benzene ring substituents is 1. The van der Waals surface area contributed by atoms with Crippen LogP contribution in [0.5, 0.6) is 0 Å². The number of rotatable bonds is 5. The second kappa shape index (κ2) is 7.75. The molecule has 2 heterocycles. The Hall–Kier alpha value is -3.30. The van der Waals surface area contributed by atoms with Crippen LogP contribution in [0.1, 0.15) is 40.5 Å². The average Bonchev–Trinajstić information content (AvgIpc) is 2.91. The summed E-state index contributed by atoms with van der Waals surface area (Å²) in [7, 11) is 0. The van der Waals surface area contributed by atoms with Crippen molar-refractivity contribution in [2.24, 2.45) is 5.92 Å². The Morgan fingerprint density at radius 1 is 1.21 bits per heavy atom. The van der Waals surface area contributed by atoms with Crippen LogP contribution in [0.2, 0.25) is 0 Å². The van der Waals surface area contributed by atoms with Gasteiger partial charge in [0.1, 0.15) is 12.1 Å². The van der Waals surface area contributed by atoms with Crippen LogP contribution in [0, 0.1) is 16.0 Å². The third-order valence-corrected chi connectivity index (χ3v) is 4.95. The van der Waals surface area contributed by atoms with E-state index in [1.54, 1.807) is 4.90 Å². The molecule has 2 aliphatic rings. The molecule has 1 aromatic carbocycles. The molecule has 10 nitrogen and oxygen atoms in total. The number of amides is 3. The van der Waals surface area contributed by atoms with Crippen molar-refractivity contribution < 1.29 is 28.8 Å². The lowest BCUT2D eigenvalue weighted by atomic mass is 9.99. The van der Waals surface area contributed by atoms with Gasteiger partial charge < -0.3 is 9.64 Å². The van der Waals surface area contributed by atoms with Gasteiger partial charge in [0, 0.05) is 19.2 Å². The lowest BCUT2D eigenvalue weighted by Crippen LogP contribution is -2.41. The number of hydrogen-bond acceptors (Lipinski definition) is 7. The number of nitrogens with zero attached hydrogens (tertiary/aromatic N) is 3. The van der Waals surface area contributed by atoms with E-state index in [1.165, 1.54) is 12.1 Å². The first-order chi connectivity index (χ1) is 13.3. The normalized spacial score (nSPS) is 16.9. The molecule has 1 aromatic rings. The van der Waals surface area contributed by atoms with Crippen LogP contribution in [0.15, 0.2) is 18.2 Å². The largest absolute Gasteiger partial charge is 0.454 e. The summed E-state index contributed by atoms with van der Waals surface area (Å²) in [5, 5.41) is 11.1. The second-order valence-corrected chi connectivity index (χ2v) is 6.88. The van der Waals surface area contributed by atoms with Gasteiger partial charge in [-0.1, -0.05) is 13.0 Å². The SMILES string of the molecule is CC1CCN(C(=O)COC(=O)CN2C(=O)c3cccc([N+](=O)[O-])c3C2=O)CC1. The Kier molecular flexibility index (Phi) is 5.39. The zero-order chi connectivity index (χ0) is 20.4. The molecule has 28 heavy (non-hydrogen) atoms. The molecule has 0 atom stereocenters. The highest BCUT2D eigenvalue weighted by atomic mass is 16.6. The van der Waals surface area contributed by atoms with Gasteiger partial charge in [0.2, 0.25) is 0 Å². The van der Waals surface area contributed by atoms with E-state index in [0.29, 0.717) is 23.9 Å². The molecular weight excluding hydrogens is 370 g/mol. The van der Waals surface area contributed by atoms with Crippen molar-refractivity contribution in [3.8, 4) is 0 Å². The Balaban J connectivity index is 1.60. The molecule has 10 heteroatoms. The van der Waals surface area contributed by atoms with E-state index >= 15 is 0 Å². The van der Waals surface area contributed by atoms with Crippen molar-refractivity contribution in [2.75, 3.05) is 26.2 Å². The van der Waals surface area contributed by atoms with Crippen molar-refractivity contribution in [3.05, 3.63) is 39.4 Å². The quantitative estimate of drug-likeness (QED) is 0.318. The maximum Gasteiger partial charge on any atom is 0.326 e. The Labute approximate surface area is 160 Å². The smallest absolute Gasteiger partial charge is 0.326 e. The molecule has 0 aliphatic carbocycles. The highest BCUT2D eigenvalue weighted by molar-refractivity contribution is 6.24. The fourth-order valence-corrected chi connectivity index (χ4v) is 3.28. The summed E-state index contributed by atoms with van der Waals surface area (Å²) in [5.74, 6) is -2.46. The first-order valence-electron chi connectivity index (χ1n) is 8.86. The Bertz CT molecular complexity index is 859. The standard InChI is InChI=1S/C18H19N3O7/c1-11-5-7-19(8-6-11)14(22)10-28-15(23)9-20-17(24)12-3-2-4-13(21(26)27)16(12)18(20)25/h2-4,11H,5-10H2,1H3. The summed E-state index contributed by atoms with van der Waals surface area (Å²) in [6.45, 7) is 2.11. The van der Waals surface area contributed by atoms with Crippen LogP contribution >= 0.6 is 0 Å². The molecular formula is C18H19N3O7. The van der Waals surface area contributed by atoms with Crippen molar-refractivity contribution in [3.63, 3.8) is 0 Å². The van der Waals surface area contributed by atoms with Crippen molar-refractivity contribution in [1.82, 2.24) is 9.80 Å². The number of ether oxygens (including phenoxy) is 1. The van der Waals surface area contributed by atoms with Crippen LogP contribution in [-0.2, 0) is 14.3 Å². The zero-order valence-corrected chi connectivity index (χ0v) is 15.3. The van der Waals surface area contributed by atoms with Crippen molar-refractivity contribution >= 4 is 29.4 Å². The molecule has 1 fully saturated rings. The number of nitro groups is 1. The van der Waals surface area contributed by atoms with Gasteiger partial charge in [0.25, 0.3) is 23.4 Å². The molecule has 2 aliphatic heterocycles. The number of hydrogen-bond donors (Lipinski definition) is 0. The maximum atomic E-state index is 12.4. The summed E-state index contributed by atoms with van der Waals surface area (Å²) < 4.78 is 4.91. The summed E-state index contributed by atoms with van der Waals surface area (Å²) in [5.41, 5.74) is -0.976. The molecule has 0 radical (unpaired) electrons. The number of carbonyl (C=O) groups is 4. The lowest BCUT2D eigenvalue weighted by molar-refractivity contribution is -0.385. The highest BCUT2D eigenvalue weighted by Gasteiger charge is 2.42. The fourth-order valence-electron chi connectivity index (χ4n) is 3.28. The van der Waals surface area contributed by atoms with Gasteiger partial charge in [-0.3, -0.25) is 34.2 Å². The molecule has 148 valence electrons. The van der Waals surface area contributed by atoms with E-state index in [9.17, 15) is 29.3 Å². The highest BCUT2D eigenvalue weighted by Crippen LogP contribution is 2.30. The van der Waals surface area contributed by atoms with E-state index < -0.39 is 41.5 Å². The number of esters is 1. The number of fused-ring (bicyclic) bond motifs is 1. The molecule has 0 N–H and O–H groups in total. The molecule has 3 rings (SSSR count). The lowest BCUT2D eigenvalue weighted by Gasteiger charge is -2.30. The van der Waals surface area contributed by atoms with Crippen molar-refractivity contribution in [2.45, 2.75) is 19.8 Å². The van der Waals surface area contributed by atoms with Crippen LogP contribution in [-0.4, -0.2) is 64.7 Å². The number of likely N-dealkylation sites (tertiary alicyclic amines) is 1. The molecule has 0 unspecified atom stereocenters. The van der Waals surface area contributed by atoms with Gasteiger partial charge in [-0.2, -0.15) is 0 Å². The van der Waals surface area contributed by atoms with E-state index in [0.717, 1.165) is 18.9 Å². The number of piperidine rings is 1. The van der Waals surface area contributed by atoms with Gasteiger partial charge in [-0.15, -0.1) is 0 Å². The zero-order valence-electron chi connectivity index (χ0n) is 15.3. The minimum Gasteiger partial charge on any atom is -0.454 e. The fraction of sp³-hybridized carbons (Fsp3) is 0.444. The summed E-state index contributed by atoms with van der Waals surface area (Å²) in [6, 6.07) is 3.70. The first-order valence-corrected chi connectivity index (χ1v) is 8.86. The second-order valence-electron chi connectivity index (χ2n) is 6.88. The molecule has 1 saturated heterocycles.